The molecule has 0 spiro atoms. The molecule has 0 saturated heterocycles. The van der Waals surface area contributed by atoms with Gasteiger partial charge < -0.3 is 10.1 Å². The van der Waals surface area contributed by atoms with Crippen LogP contribution < -0.4 is 10.1 Å². The van der Waals surface area contributed by atoms with E-state index in [-0.39, 0.29) is 5.69 Å². The summed E-state index contributed by atoms with van der Waals surface area (Å²) in [6, 6.07) is 4.15. The maximum atomic E-state index is 13.9. The largest absolute Gasteiger partial charge is 0.481 e. The van der Waals surface area contributed by atoms with Crippen molar-refractivity contribution in [1.82, 2.24) is 4.98 Å². The highest BCUT2D eigenvalue weighted by atomic mass is 35.5. The molecule has 2 aromatic rings. The molecular formula is C14H9ClF4N2O2. The van der Waals surface area contributed by atoms with Gasteiger partial charge in [-0.25, -0.2) is 9.37 Å². The van der Waals surface area contributed by atoms with E-state index in [9.17, 15) is 22.4 Å². The third-order valence-corrected chi connectivity index (χ3v) is 3.21. The van der Waals surface area contributed by atoms with Crippen LogP contribution in [0.25, 0.3) is 0 Å². The second-order valence-corrected chi connectivity index (χ2v) is 4.71. The van der Waals surface area contributed by atoms with Crippen LogP contribution in [0.2, 0.25) is 5.02 Å². The van der Waals surface area contributed by atoms with E-state index < -0.39 is 34.1 Å². The molecule has 0 radical (unpaired) electrons. The molecule has 4 nitrogen and oxygen atoms in total. The van der Waals surface area contributed by atoms with Gasteiger partial charge in [0, 0.05) is 6.07 Å². The van der Waals surface area contributed by atoms with Crippen LogP contribution >= 0.6 is 11.6 Å². The molecule has 0 aliphatic carbocycles. The second-order valence-electron chi connectivity index (χ2n) is 4.33. The van der Waals surface area contributed by atoms with Crippen LogP contribution in [0.15, 0.2) is 30.5 Å². The Morgan fingerprint density at radius 2 is 1.96 bits per heavy atom. The molecule has 0 atom stereocenters. The van der Waals surface area contributed by atoms with Crippen molar-refractivity contribution in [3.8, 4) is 5.88 Å². The quantitative estimate of drug-likeness (QED) is 0.848. The smallest absolute Gasteiger partial charge is 0.417 e. The van der Waals surface area contributed by atoms with Crippen molar-refractivity contribution in [3.05, 3.63) is 52.4 Å². The third kappa shape index (κ3) is 3.70. The van der Waals surface area contributed by atoms with Crippen molar-refractivity contribution in [2.24, 2.45) is 0 Å². The Balaban J connectivity index is 2.27. The fraction of sp³-hybridized carbons (Fsp3) is 0.143. The number of anilines is 1. The summed E-state index contributed by atoms with van der Waals surface area (Å²) in [6.45, 7) is 0. The molecule has 1 aromatic heterocycles. The Hall–Kier alpha value is -2.35. The molecule has 0 fully saturated rings. The molecule has 0 aliphatic heterocycles. The standard InChI is InChI=1S/C14H9ClF4N2O2/c1-23-10-5-2-7(6-20-10)21-13(22)8-3-4-9(14(17,18)19)11(15)12(8)16/h2-6H,1H3,(H,21,22). The topological polar surface area (TPSA) is 51.2 Å². The van der Waals surface area contributed by atoms with Crippen molar-refractivity contribution in [2.45, 2.75) is 6.18 Å². The molecule has 0 bridgehead atoms. The van der Waals surface area contributed by atoms with E-state index in [1.165, 1.54) is 25.4 Å². The van der Waals surface area contributed by atoms with Gasteiger partial charge in [-0.2, -0.15) is 13.2 Å². The van der Waals surface area contributed by atoms with E-state index >= 15 is 0 Å². The third-order valence-electron chi connectivity index (χ3n) is 2.84. The molecule has 23 heavy (non-hydrogen) atoms. The summed E-state index contributed by atoms with van der Waals surface area (Å²) in [5.41, 5.74) is -1.75. The normalized spacial score (nSPS) is 11.2. The zero-order chi connectivity index (χ0) is 17.2. The van der Waals surface area contributed by atoms with Gasteiger partial charge in [-0.15, -0.1) is 0 Å². The molecule has 0 aliphatic rings. The Morgan fingerprint density at radius 1 is 1.26 bits per heavy atom. The van der Waals surface area contributed by atoms with E-state index in [1.54, 1.807) is 0 Å². The van der Waals surface area contributed by atoms with Gasteiger partial charge in [-0.3, -0.25) is 4.79 Å². The molecule has 0 unspecified atom stereocenters. The summed E-state index contributed by atoms with van der Waals surface area (Å²) in [5, 5.41) is 1.14. The average Bonchev–Trinajstić information content (AvgIpc) is 2.49. The molecule has 1 N–H and O–H groups in total. The van der Waals surface area contributed by atoms with Crippen LogP contribution in [-0.4, -0.2) is 18.0 Å². The molecule has 1 heterocycles. The lowest BCUT2D eigenvalue weighted by molar-refractivity contribution is -0.137. The van der Waals surface area contributed by atoms with Crippen LogP contribution in [0.5, 0.6) is 5.88 Å². The number of carbonyl (C=O) groups is 1. The summed E-state index contributed by atoms with van der Waals surface area (Å²) in [6.07, 6.45) is -3.56. The van der Waals surface area contributed by atoms with Gasteiger partial charge in [0.05, 0.1) is 35.1 Å². The minimum absolute atomic E-state index is 0.214. The minimum atomic E-state index is -4.81. The maximum absolute atomic E-state index is 13.9. The fourth-order valence-electron chi connectivity index (χ4n) is 1.72. The first-order chi connectivity index (χ1) is 10.7. The summed E-state index contributed by atoms with van der Waals surface area (Å²) < 4.78 is 56.6. The van der Waals surface area contributed by atoms with Crippen molar-refractivity contribution < 1.29 is 27.1 Å². The number of rotatable bonds is 3. The summed E-state index contributed by atoms with van der Waals surface area (Å²) in [7, 11) is 1.40. The lowest BCUT2D eigenvalue weighted by Gasteiger charge is -2.12. The van der Waals surface area contributed by atoms with Gasteiger partial charge in [0.2, 0.25) is 5.88 Å². The molecule has 122 valence electrons. The van der Waals surface area contributed by atoms with Crippen LogP contribution in [0.1, 0.15) is 15.9 Å². The molecule has 1 aromatic carbocycles. The van der Waals surface area contributed by atoms with Crippen molar-refractivity contribution in [3.63, 3.8) is 0 Å². The molecule has 9 heteroatoms. The number of ether oxygens (including phenoxy) is 1. The number of benzene rings is 1. The maximum Gasteiger partial charge on any atom is 0.417 e. The number of amides is 1. The summed E-state index contributed by atoms with van der Waals surface area (Å²) in [5.74, 6) is -2.10. The van der Waals surface area contributed by atoms with Crippen molar-refractivity contribution in [1.29, 1.82) is 0 Å². The van der Waals surface area contributed by atoms with E-state index in [2.05, 4.69) is 10.3 Å². The van der Waals surface area contributed by atoms with Crippen molar-refractivity contribution >= 4 is 23.2 Å². The molecular weight excluding hydrogens is 340 g/mol. The highest BCUT2D eigenvalue weighted by Crippen LogP contribution is 2.36. The minimum Gasteiger partial charge on any atom is -0.481 e. The SMILES string of the molecule is COc1ccc(NC(=O)c2ccc(C(F)(F)F)c(Cl)c2F)cn1. The van der Waals surface area contributed by atoms with Crippen molar-refractivity contribution in [2.75, 3.05) is 12.4 Å². The Labute approximate surface area is 133 Å². The zero-order valence-electron chi connectivity index (χ0n) is 11.5. The number of nitrogens with zero attached hydrogens (tertiary/aromatic N) is 1. The predicted octanol–water partition coefficient (Wildman–Crippen LogP) is 4.15. The van der Waals surface area contributed by atoms with Crippen LogP contribution in [0.3, 0.4) is 0 Å². The number of halogens is 5. The van der Waals surface area contributed by atoms with Gasteiger partial charge in [-0.05, 0) is 18.2 Å². The highest BCUT2D eigenvalue weighted by molar-refractivity contribution is 6.32. The first kappa shape index (κ1) is 17.0. The Bertz CT molecular complexity index is 733. The first-order valence-electron chi connectivity index (χ1n) is 6.10. The second kappa shape index (κ2) is 6.41. The molecule has 1 amide bonds. The van der Waals surface area contributed by atoms with Crippen LogP contribution in [0.4, 0.5) is 23.2 Å². The van der Waals surface area contributed by atoms with Gasteiger partial charge in [0.25, 0.3) is 5.91 Å². The number of methoxy groups -OCH3 is 1. The zero-order valence-corrected chi connectivity index (χ0v) is 12.3. The summed E-state index contributed by atoms with van der Waals surface area (Å²) in [4.78, 5) is 15.8. The van der Waals surface area contributed by atoms with Gasteiger partial charge in [0.1, 0.15) is 0 Å². The number of hydrogen-bond donors (Lipinski definition) is 1. The van der Waals surface area contributed by atoms with Gasteiger partial charge in [0.15, 0.2) is 5.82 Å². The molecule has 0 saturated carbocycles. The van der Waals surface area contributed by atoms with Crippen LogP contribution in [-0.2, 0) is 6.18 Å². The van der Waals surface area contributed by atoms with E-state index in [4.69, 9.17) is 16.3 Å². The number of hydrogen-bond acceptors (Lipinski definition) is 3. The first-order valence-corrected chi connectivity index (χ1v) is 6.48. The van der Waals surface area contributed by atoms with Gasteiger partial charge in [-0.1, -0.05) is 11.6 Å². The predicted molar refractivity (Wildman–Crippen MR) is 75.2 cm³/mol. The lowest BCUT2D eigenvalue weighted by Crippen LogP contribution is -2.16. The van der Waals surface area contributed by atoms with E-state index in [1.807, 2.05) is 0 Å². The molecule has 2 rings (SSSR count). The fourth-order valence-corrected chi connectivity index (χ4v) is 1.99. The van der Waals surface area contributed by atoms with Crippen LogP contribution in [0, 0.1) is 5.82 Å². The summed E-state index contributed by atoms with van der Waals surface area (Å²) >= 11 is 5.37. The number of aromatic nitrogens is 1. The van der Waals surface area contributed by atoms with E-state index in [0.717, 1.165) is 6.07 Å². The number of pyridine rings is 1. The monoisotopic (exact) mass is 348 g/mol. The van der Waals surface area contributed by atoms with E-state index in [0.29, 0.717) is 11.9 Å². The lowest BCUT2D eigenvalue weighted by atomic mass is 10.1. The highest BCUT2D eigenvalue weighted by Gasteiger charge is 2.35. The Kier molecular flexibility index (Phi) is 4.74. The average molecular weight is 349 g/mol. The number of alkyl halides is 3. The van der Waals surface area contributed by atoms with Gasteiger partial charge >= 0.3 is 6.18 Å². The Morgan fingerprint density at radius 3 is 2.48 bits per heavy atom. The number of nitrogens with one attached hydrogen (secondary N) is 1. The number of carbonyl (C=O) groups excluding carboxylic acids is 1.